The Hall–Kier alpha value is -0.570. The van der Waals surface area contributed by atoms with E-state index in [0.717, 1.165) is 26.1 Å². The van der Waals surface area contributed by atoms with Crippen LogP contribution in [-0.4, -0.2) is 29.6 Å². The maximum atomic E-state index is 11.8. The van der Waals surface area contributed by atoms with Crippen LogP contribution in [0.25, 0.3) is 0 Å². The van der Waals surface area contributed by atoms with Crippen molar-refractivity contribution in [3.63, 3.8) is 0 Å². The van der Waals surface area contributed by atoms with E-state index in [0.29, 0.717) is 5.91 Å². The molecule has 74 valence electrons. The summed E-state index contributed by atoms with van der Waals surface area (Å²) in [6.07, 6.45) is 2.07. The Morgan fingerprint density at radius 1 is 1.46 bits per heavy atom. The van der Waals surface area contributed by atoms with Gasteiger partial charge in [0, 0.05) is 6.54 Å². The second-order valence-corrected chi connectivity index (χ2v) is 5.48. The molecule has 0 bridgehead atoms. The molecule has 1 saturated carbocycles. The second-order valence-electron chi connectivity index (χ2n) is 5.48. The van der Waals surface area contributed by atoms with E-state index in [-0.39, 0.29) is 11.0 Å². The molecule has 13 heavy (non-hydrogen) atoms. The Morgan fingerprint density at radius 3 is 2.46 bits per heavy atom. The van der Waals surface area contributed by atoms with E-state index in [1.54, 1.807) is 0 Å². The van der Waals surface area contributed by atoms with Gasteiger partial charge in [0.05, 0.1) is 12.2 Å². The van der Waals surface area contributed by atoms with Crippen molar-refractivity contribution in [2.45, 2.75) is 39.2 Å². The van der Waals surface area contributed by atoms with Crippen LogP contribution in [0.2, 0.25) is 0 Å². The zero-order valence-electron chi connectivity index (χ0n) is 8.68. The Morgan fingerprint density at radius 2 is 2.08 bits per heavy atom. The third-order valence-corrected chi connectivity index (χ3v) is 2.72. The highest BCUT2D eigenvalue weighted by molar-refractivity contribution is 5.91. The van der Waals surface area contributed by atoms with Gasteiger partial charge in [-0.2, -0.15) is 0 Å². The van der Waals surface area contributed by atoms with Gasteiger partial charge in [-0.3, -0.25) is 10.1 Å². The molecule has 1 spiro atoms. The third-order valence-electron chi connectivity index (χ3n) is 2.72. The molecule has 1 saturated heterocycles. The van der Waals surface area contributed by atoms with Gasteiger partial charge in [0.2, 0.25) is 5.91 Å². The minimum Gasteiger partial charge on any atom is -0.328 e. The van der Waals surface area contributed by atoms with Gasteiger partial charge in [-0.1, -0.05) is 20.8 Å². The van der Waals surface area contributed by atoms with Crippen molar-refractivity contribution in [1.29, 1.82) is 0 Å². The van der Waals surface area contributed by atoms with Crippen LogP contribution in [0, 0.1) is 5.41 Å². The van der Waals surface area contributed by atoms with Crippen LogP contribution in [0.1, 0.15) is 33.6 Å². The number of amides is 1. The molecule has 0 aromatic heterocycles. The van der Waals surface area contributed by atoms with Crippen LogP contribution >= 0.6 is 0 Å². The van der Waals surface area contributed by atoms with E-state index in [4.69, 9.17) is 0 Å². The first-order valence-electron chi connectivity index (χ1n) is 4.97. The standard InChI is InChI=1S/C10H18N2O/c1-9(2,3)6-12-7-11-10(4-5-10)8(12)13/h11H,4-7H2,1-3H3. The Kier molecular flexibility index (Phi) is 1.71. The largest absolute Gasteiger partial charge is 0.328 e. The van der Waals surface area contributed by atoms with Crippen molar-refractivity contribution < 1.29 is 4.79 Å². The molecular formula is C10H18N2O. The van der Waals surface area contributed by atoms with Gasteiger partial charge in [0.15, 0.2) is 0 Å². The average molecular weight is 182 g/mol. The van der Waals surface area contributed by atoms with Gasteiger partial charge in [-0.05, 0) is 18.3 Å². The molecule has 3 heteroatoms. The Balaban J connectivity index is 1.99. The van der Waals surface area contributed by atoms with Crippen molar-refractivity contribution >= 4 is 5.91 Å². The number of nitrogens with one attached hydrogen (secondary N) is 1. The van der Waals surface area contributed by atoms with E-state index in [9.17, 15) is 4.79 Å². The van der Waals surface area contributed by atoms with Crippen LogP contribution in [0.15, 0.2) is 0 Å². The zero-order chi connectivity index (χ0) is 9.69. The molecule has 2 aliphatic rings. The number of carbonyl (C=O) groups excluding carboxylic acids is 1. The highest BCUT2D eigenvalue weighted by atomic mass is 16.2. The fraction of sp³-hybridized carbons (Fsp3) is 0.900. The van der Waals surface area contributed by atoms with Crippen LogP contribution in [0.3, 0.4) is 0 Å². The predicted molar refractivity (Wildman–Crippen MR) is 51.1 cm³/mol. The van der Waals surface area contributed by atoms with Gasteiger partial charge >= 0.3 is 0 Å². The van der Waals surface area contributed by atoms with Gasteiger partial charge in [-0.15, -0.1) is 0 Å². The van der Waals surface area contributed by atoms with Gasteiger partial charge < -0.3 is 4.90 Å². The number of hydrogen-bond acceptors (Lipinski definition) is 2. The topological polar surface area (TPSA) is 32.3 Å². The Labute approximate surface area is 79.5 Å². The van der Waals surface area contributed by atoms with Gasteiger partial charge in [-0.25, -0.2) is 0 Å². The summed E-state index contributed by atoms with van der Waals surface area (Å²) in [4.78, 5) is 13.8. The molecule has 1 aliphatic carbocycles. The molecule has 2 fully saturated rings. The summed E-state index contributed by atoms with van der Waals surface area (Å²) in [5.41, 5.74) is 0.0863. The molecule has 1 N–H and O–H groups in total. The molecular weight excluding hydrogens is 164 g/mol. The summed E-state index contributed by atoms with van der Waals surface area (Å²) < 4.78 is 0. The SMILES string of the molecule is CC(C)(C)CN1CNC2(CC2)C1=O. The monoisotopic (exact) mass is 182 g/mol. The summed E-state index contributed by atoms with van der Waals surface area (Å²) in [6, 6.07) is 0. The van der Waals surface area contributed by atoms with Crippen molar-refractivity contribution in [3.8, 4) is 0 Å². The fourth-order valence-electron chi connectivity index (χ4n) is 1.91. The van der Waals surface area contributed by atoms with Crippen molar-refractivity contribution in [3.05, 3.63) is 0 Å². The molecule has 3 nitrogen and oxygen atoms in total. The zero-order valence-corrected chi connectivity index (χ0v) is 8.68. The normalized spacial score (nSPS) is 25.8. The van der Waals surface area contributed by atoms with E-state index in [1.165, 1.54) is 0 Å². The lowest BCUT2D eigenvalue weighted by Gasteiger charge is -2.25. The minimum absolute atomic E-state index is 0.120. The molecule has 1 aliphatic heterocycles. The summed E-state index contributed by atoms with van der Waals surface area (Å²) in [7, 11) is 0. The molecule has 1 heterocycles. The number of carbonyl (C=O) groups is 1. The van der Waals surface area contributed by atoms with Crippen molar-refractivity contribution in [2.24, 2.45) is 5.41 Å². The fourth-order valence-corrected chi connectivity index (χ4v) is 1.91. The summed E-state index contributed by atoms with van der Waals surface area (Å²) in [6.45, 7) is 8.10. The molecule has 0 aromatic rings. The van der Waals surface area contributed by atoms with Gasteiger partial charge in [0.1, 0.15) is 0 Å². The average Bonchev–Trinajstić information content (AvgIpc) is 2.70. The lowest BCUT2D eigenvalue weighted by atomic mass is 9.96. The van der Waals surface area contributed by atoms with Crippen LogP contribution in [0.5, 0.6) is 0 Å². The maximum absolute atomic E-state index is 11.8. The van der Waals surface area contributed by atoms with Crippen LogP contribution in [0.4, 0.5) is 0 Å². The first-order chi connectivity index (χ1) is 5.93. The summed E-state index contributed by atoms with van der Waals surface area (Å²) in [5, 5.41) is 3.31. The second kappa shape index (κ2) is 2.47. The van der Waals surface area contributed by atoms with E-state index in [2.05, 4.69) is 26.1 Å². The first-order valence-corrected chi connectivity index (χ1v) is 4.97. The quantitative estimate of drug-likeness (QED) is 0.655. The predicted octanol–water partition coefficient (Wildman–Crippen LogP) is 0.954. The van der Waals surface area contributed by atoms with Crippen molar-refractivity contribution in [1.82, 2.24) is 10.2 Å². The number of hydrogen-bond donors (Lipinski definition) is 1. The molecule has 2 rings (SSSR count). The highest BCUT2D eigenvalue weighted by Crippen LogP contribution is 2.40. The van der Waals surface area contributed by atoms with E-state index in [1.807, 2.05) is 4.90 Å². The minimum atomic E-state index is -0.120. The third kappa shape index (κ3) is 1.57. The molecule has 1 amide bonds. The van der Waals surface area contributed by atoms with Gasteiger partial charge in [0.25, 0.3) is 0 Å². The summed E-state index contributed by atoms with van der Waals surface area (Å²) >= 11 is 0. The highest BCUT2D eigenvalue weighted by Gasteiger charge is 2.55. The number of rotatable bonds is 1. The molecule has 0 unspecified atom stereocenters. The molecule has 0 radical (unpaired) electrons. The van der Waals surface area contributed by atoms with E-state index < -0.39 is 0 Å². The van der Waals surface area contributed by atoms with Crippen LogP contribution < -0.4 is 5.32 Å². The molecule has 0 atom stereocenters. The lowest BCUT2D eigenvalue weighted by Crippen LogP contribution is -2.36. The van der Waals surface area contributed by atoms with E-state index >= 15 is 0 Å². The smallest absolute Gasteiger partial charge is 0.243 e. The van der Waals surface area contributed by atoms with Crippen LogP contribution in [-0.2, 0) is 4.79 Å². The first kappa shape index (κ1) is 9.00. The van der Waals surface area contributed by atoms with Crippen molar-refractivity contribution in [2.75, 3.05) is 13.2 Å². The maximum Gasteiger partial charge on any atom is 0.243 e. The number of nitrogens with zero attached hydrogens (tertiary/aromatic N) is 1. The lowest BCUT2D eigenvalue weighted by molar-refractivity contribution is -0.130. The Bertz CT molecular complexity index is 238. The molecule has 0 aromatic carbocycles. The summed E-state index contributed by atoms with van der Waals surface area (Å²) in [5.74, 6) is 0.322.